The number of benzene rings is 4. The summed E-state index contributed by atoms with van der Waals surface area (Å²) >= 11 is 0. The molecule has 0 atom stereocenters. The highest BCUT2D eigenvalue weighted by atomic mass is 14.3. The van der Waals surface area contributed by atoms with Crippen LogP contribution < -0.4 is 0 Å². The van der Waals surface area contributed by atoms with Gasteiger partial charge in [-0.15, -0.1) is 0 Å². The van der Waals surface area contributed by atoms with E-state index in [0.29, 0.717) is 0 Å². The van der Waals surface area contributed by atoms with Crippen LogP contribution in [0.4, 0.5) is 0 Å². The van der Waals surface area contributed by atoms with Gasteiger partial charge in [-0.2, -0.15) is 0 Å². The molecule has 1 aliphatic carbocycles. The zero-order valence-electron chi connectivity index (χ0n) is 15.1. The molecule has 0 N–H and O–H groups in total. The van der Waals surface area contributed by atoms with E-state index in [-0.39, 0.29) is 0 Å². The summed E-state index contributed by atoms with van der Waals surface area (Å²) in [6.45, 7) is 0. The van der Waals surface area contributed by atoms with Crippen molar-refractivity contribution in [2.45, 2.75) is 6.42 Å². The average Bonchev–Trinajstić information content (AvgIpc) is 3.12. The number of hydrogen-bond acceptors (Lipinski definition) is 0. The van der Waals surface area contributed by atoms with Gasteiger partial charge in [-0.25, -0.2) is 0 Å². The van der Waals surface area contributed by atoms with Gasteiger partial charge >= 0.3 is 0 Å². The predicted octanol–water partition coefficient (Wildman–Crippen LogP) is 6.85. The Kier molecular flexibility index (Phi) is 3.95. The second-order valence-corrected chi connectivity index (χ2v) is 7.00. The molecule has 0 radical (unpaired) electrons. The summed E-state index contributed by atoms with van der Waals surface area (Å²) in [6, 6.07) is 36.8. The summed E-state index contributed by atoms with van der Waals surface area (Å²) in [5, 5.41) is 0. The van der Waals surface area contributed by atoms with Gasteiger partial charge in [-0.05, 0) is 57.0 Å². The maximum Gasteiger partial charge on any atom is -0.000728 e. The van der Waals surface area contributed by atoms with Crippen molar-refractivity contribution in [1.82, 2.24) is 0 Å². The van der Waals surface area contributed by atoms with Crippen LogP contribution in [0.2, 0.25) is 0 Å². The Morgan fingerprint density at radius 3 is 2.07 bits per heavy atom. The van der Waals surface area contributed by atoms with Crippen LogP contribution in [0.5, 0.6) is 0 Å². The molecule has 4 aromatic rings. The smallest absolute Gasteiger partial charge is 0.000728 e. The molecule has 0 heterocycles. The maximum atomic E-state index is 2.31. The molecule has 5 rings (SSSR count). The molecule has 0 amide bonds. The van der Waals surface area contributed by atoms with E-state index in [0.717, 1.165) is 6.42 Å². The first-order valence-electron chi connectivity index (χ1n) is 9.43. The third kappa shape index (κ3) is 2.90. The molecular formula is C27H20. The highest BCUT2D eigenvalue weighted by molar-refractivity contribution is 5.95. The van der Waals surface area contributed by atoms with E-state index in [4.69, 9.17) is 0 Å². The molecule has 0 spiro atoms. The SMILES string of the molecule is C(=C(c1ccccc1)c1cccc2c1Cc1ccccc1-2)c1ccccc1. The normalized spacial score (nSPS) is 12.5. The fraction of sp³-hybridized carbons (Fsp3) is 0.0370. The van der Waals surface area contributed by atoms with Crippen molar-refractivity contribution in [2.75, 3.05) is 0 Å². The minimum absolute atomic E-state index is 1.00. The second-order valence-electron chi connectivity index (χ2n) is 7.00. The lowest BCUT2D eigenvalue weighted by Gasteiger charge is -2.14. The van der Waals surface area contributed by atoms with Crippen molar-refractivity contribution in [1.29, 1.82) is 0 Å². The Bertz CT molecular complexity index is 1120. The molecule has 0 saturated heterocycles. The Hall–Kier alpha value is -3.38. The van der Waals surface area contributed by atoms with Gasteiger partial charge in [0.05, 0.1) is 0 Å². The van der Waals surface area contributed by atoms with Crippen molar-refractivity contribution in [2.24, 2.45) is 0 Å². The molecule has 0 unspecified atom stereocenters. The van der Waals surface area contributed by atoms with Crippen molar-refractivity contribution in [3.05, 3.63) is 131 Å². The molecule has 0 fully saturated rings. The van der Waals surface area contributed by atoms with Crippen molar-refractivity contribution < 1.29 is 0 Å². The van der Waals surface area contributed by atoms with E-state index in [1.807, 2.05) is 0 Å². The molecule has 1 aliphatic rings. The first kappa shape index (κ1) is 15.8. The molecule has 27 heavy (non-hydrogen) atoms. The molecule has 4 aromatic carbocycles. The quantitative estimate of drug-likeness (QED) is 0.314. The summed E-state index contributed by atoms with van der Waals surface area (Å²) in [5.41, 5.74) is 10.7. The molecular weight excluding hydrogens is 324 g/mol. The van der Waals surface area contributed by atoms with Crippen LogP contribution in [-0.2, 0) is 6.42 Å². The first-order chi connectivity index (χ1) is 13.4. The summed E-state index contributed by atoms with van der Waals surface area (Å²) in [5.74, 6) is 0. The van der Waals surface area contributed by atoms with E-state index in [1.165, 1.54) is 44.5 Å². The monoisotopic (exact) mass is 344 g/mol. The van der Waals surface area contributed by atoms with Gasteiger partial charge in [0.2, 0.25) is 0 Å². The van der Waals surface area contributed by atoms with Crippen LogP contribution in [0.25, 0.3) is 22.8 Å². The van der Waals surface area contributed by atoms with E-state index < -0.39 is 0 Å². The van der Waals surface area contributed by atoms with Crippen LogP contribution in [0.15, 0.2) is 103 Å². The Balaban J connectivity index is 1.72. The van der Waals surface area contributed by atoms with E-state index in [2.05, 4.69) is 109 Å². The summed E-state index contributed by atoms with van der Waals surface area (Å²) in [4.78, 5) is 0. The third-order valence-electron chi connectivity index (χ3n) is 5.34. The summed E-state index contributed by atoms with van der Waals surface area (Å²) in [7, 11) is 0. The van der Waals surface area contributed by atoms with Crippen LogP contribution in [-0.4, -0.2) is 0 Å². The number of hydrogen-bond donors (Lipinski definition) is 0. The standard InChI is InChI=1S/C27H20/c1-3-10-20(11-4-1)18-26(21-12-5-2-6-13-21)25-17-9-16-24-23-15-8-7-14-22(23)19-27(24)25/h1-18H,19H2. The van der Waals surface area contributed by atoms with Gasteiger partial charge in [0, 0.05) is 0 Å². The second kappa shape index (κ2) is 6.74. The largest absolute Gasteiger partial charge is 0.0622 e. The fourth-order valence-corrected chi connectivity index (χ4v) is 4.06. The van der Waals surface area contributed by atoms with Crippen LogP contribution in [0.3, 0.4) is 0 Å². The lowest BCUT2D eigenvalue weighted by atomic mass is 9.90. The molecule has 0 aromatic heterocycles. The lowest BCUT2D eigenvalue weighted by molar-refractivity contribution is 1.25. The van der Waals surface area contributed by atoms with E-state index in [1.54, 1.807) is 0 Å². The zero-order chi connectivity index (χ0) is 18.1. The van der Waals surface area contributed by atoms with Crippen LogP contribution >= 0.6 is 0 Å². The Morgan fingerprint density at radius 2 is 1.26 bits per heavy atom. The lowest BCUT2D eigenvalue weighted by Crippen LogP contribution is -1.95. The fourth-order valence-electron chi connectivity index (χ4n) is 4.06. The molecule has 0 bridgehead atoms. The van der Waals surface area contributed by atoms with E-state index in [9.17, 15) is 0 Å². The molecule has 0 heteroatoms. The van der Waals surface area contributed by atoms with Crippen molar-refractivity contribution in [3.63, 3.8) is 0 Å². The highest BCUT2D eigenvalue weighted by Gasteiger charge is 2.22. The zero-order valence-corrected chi connectivity index (χ0v) is 15.1. The number of fused-ring (bicyclic) bond motifs is 3. The Labute approximate surface area is 160 Å². The molecule has 0 aliphatic heterocycles. The third-order valence-corrected chi connectivity index (χ3v) is 5.34. The van der Waals surface area contributed by atoms with Gasteiger partial charge in [-0.1, -0.05) is 103 Å². The van der Waals surface area contributed by atoms with Gasteiger partial charge in [0.25, 0.3) is 0 Å². The average molecular weight is 344 g/mol. The van der Waals surface area contributed by atoms with Gasteiger partial charge < -0.3 is 0 Å². The van der Waals surface area contributed by atoms with Gasteiger partial charge in [-0.3, -0.25) is 0 Å². The Morgan fingerprint density at radius 1 is 0.593 bits per heavy atom. The maximum absolute atomic E-state index is 2.31. The molecule has 128 valence electrons. The van der Waals surface area contributed by atoms with Crippen molar-refractivity contribution in [3.8, 4) is 11.1 Å². The minimum Gasteiger partial charge on any atom is -0.0622 e. The molecule has 0 saturated carbocycles. The van der Waals surface area contributed by atoms with Crippen LogP contribution in [0.1, 0.15) is 27.8 Å². The van der Waals surface area contributed by atoms with Gasteiger partial charge in [0.1, 0.15) is 0 Å². The predicted molar refractivity (Wildman–Crippen MR) is 115 cm³/mol. The van der Waals surface area contributed by atoms with Crippen LogP contribution in [0, 0.1) is 0 Å². The van der Waals surface area contributed by atoms with E-state index >= 15 is 0 Å². The first-order valence-corrected chi connectivity index (χ1v) is 9.43. The summed E-state index contributed by atoms with van der Waals surface area (Å²) in [6.07, 6.45) is 3.31. The number of rotatable bonds is 3. The van der Waals surface area contributed by atoms with Gasteiger partial charge in [0.15, 0.2) is 0 Å². The van der Waals surface area contributed by atoms with Crippen molar-refractivity contribution >= 4 is 11.6 Å². The minimum atomic E-state index is 1.00. The summed E-state index contributed by atoms with van der Waals surface area (Å²) < 4.78 is 0. The molecule has 0 nitrogen and oxygen atoms in total. The topological polar surface area (TPSA) is 0 Å². The highest BCUT2D eigenvalue weighted by Crippen LogP contribution is 2.41.